The zero-order chi connectivity index (χ0) is 20.3. The van der Waals surface area contributed by atoms with Crippen molar-refractivity contribution < 1.29 is 13.2 Å². The van der Waals surface area contributed by atoms with E-state index in [2.05, 4.69) is 11.8 Å². The molecule has 28 heavy (non-hydrogen) atoms. The number of carbonyl (C=O) groups excluding carboxylic acids is 1. The van der Waals surface area contributed by atoms with Gasteiger partial charge in [0.25, 0.3) is 0 Å². The van der Waals surface area contributed by atoms with Gasteiger partial charge in [0.05, 0.1) is 4.90 Å². The Kier molecular flexibility index (Phi) is 6.81. The smallest absolute Gasteiger partial charge is 0.243 e. The molecule has 3 rings (SSSR count). The second-order valence-electron chi connectivity index (χ2n) is 8.36. The molecular formula is C22H34N2O3S. The van der Waals surface area contributed by atoms with Crippen molar-refractivity contribution in [2.45, 2.75) is 76.7 Å². The number of benzene rings is 1. The van der Waals surface area contributed by atoms with Crippen LogP contribution >= 0.6 is 0 Å². The average molecular weight is 407 g/mol. The lowest BCUT2D eigenvalue weighted by Crippen LogP contribution is -2.48. The normalized spacial score (nSPS) is 20.2. The Hall–Kier alpha value is -1.40. The van der Waals surface area contributed by atoms with E-state index < -0.39 is 10.0 Å². The minimum absolute atomic E-state index is 0.0487. The van der Waals surface area contributed by atoms with Crippen LogP contribution in [0.25, 0.3) is 0 Å². The van der Waals surface area contributed by atoms with E-state index in [0.29, 0.717) is 36.9 Å². The minimum Gasteiger partial charge on any atom is -0.340 e. The molecule has 1 amide bonds. The molecule has 2 fully saturated rings. The molecule has 0 atom stereocenters. The summed E-state index contributed by atoms with van der Waals surface area (Å²) in [4.78, 5) is 15.6. The van der Waals surface area contributed by atoms with Crippen LogP contribution < -0.4 is 0 Å². The largest absolute Gasteiger partial charge is 0.340 e. The second kappa shape index (κ2) is 8.95. The van der Waals surface area contributed by atoms with E-state index in [1.807, 2.05) is 26.0 Å². The first-order chi connectivity index (χ1) is 13.3. The Bertz CT molecular complexity index is 792. The number of nitrogens with zero attached hydrogens (tertiary/aromatic N) is 2. The van der Waals surface area contributed by atoms with E-state index in [1.54, 1.807) is 10.4 Å². The van der Waals surface area contributed by atoms with Crippen molar-refractivity contribution in [2.24, 2.45) is 5.92 Å². The van der Waals surface area contributed by atoms with E-state index in [4.69, 9.17) is 0 Å². The van der Waals surface area contributed by atoms with E-state index in [1.165, 1.54) is 19.3 Å². The van der Waals surface area contributed by atoms with Gasteiger partial charge in [-0.2, -0.15) is 4.31 Å². The third kappa shape index (κ3) is 4.43. The zero-order valence-corrected chi connectivity index (χ0v) is 18.3. The van der Waals surface area contributed by atoms with Crippen molar-refractivity contribution in [3.05, 3.63) is 29.3 Å². The number of aryl methyl sites for hydroxylation is 2. The first kappa shape index (κ1) is 21.3. The Morgan fingerprint density at radius 2 is 1.71 bits per heavy atom. The highest BCUT2D eigenvalue weighted by Gasteiger charge is 2.35. The van der Waals surface area contributed by atoms with Crippen LogP contribution in [0.15, 0.2) is 23.1 Å². The summed E-state index contributed by atoms with van der Waals surface area (Å²) in [5.41, 5.74) is 1.84. The van der Waals surface area contributed by atoms with Gasteiger partial charge in [-0.1, -0.05) is 37.0 Å². The van der Waals surface area contributed by atoms with Crippen molar-refractivity contribution in [3.63, 3.8) is 0 Å². The molecular weight excluding hydrogens is 372 g/mol. The standard InChI is InChI=1S/C22H34N2O3S/c1-4-24(20-8-6-5-7-9-20)22(25)19-12-14-23(15-13-19)28(26,27)21-11-10-17(2)16-18(21)3/h10-11,16,19-20H,4-9,12-15H2,1-3H3. The number of hydrogen-bond donors (Lipinski definition) is 0. The van der Waals surface area contributed by atoms with Gasteiger partial charge in [0.2, 0.25) is 15.9 Å². The lowest BCUT2D eigenvalue weighted by Gasteiger charge is -2.38. The number of amides is 1. The summed E-state index contributed by atoms with van der Waals surface area (Å²) in [7, 11) is -3.50. The molecule has 1 aliphatic heterocycles. The number of rotatable bonds is 5. The first-order valence-corrected chi connectivity index (χ1v) is 12.2. The molecule has 1 saturated carbocycles. The van der Waals surface area contributed by atoms with Crippen molar-refractivity contribution in [1.82, 2.24) is 9.21 Å². The van der Waals surface area contributed by atoms with Gasteiger partial charge in [-0.25, -0.2) is 8.42 Å². The van der Waals surface area contributed by atoms with Crippen molar-refractivity contribution in [2.75, 3.05) is 19.6 Å². The summed E-state index contributed by atoms with van der Waals surface area (Å²) in [5, 5.41) is 0. The number of piperidine rings is 1. The highest BCUT2D eigenvalue weighted by atomic mass is 32.2. The summed E-state index contributed by atoms with van der Waals surface area (Å²) in [6, 6.07) is 5.84. The van der Waals surface area contributed by atoms with Gasteiger partial charge in [-0.15, -0.1) is 0 Å². The highest BCUT2D eigenvalue weighted by molar-refractivity contribution is 7.89. The fourth-order valence-corrected chi connectivity index (χ4v) is 6.47. The van der Waals surface area contributed by atoms with Crippen molar-refractivity contribution >= 4 is 15.9 Å². The molecule has 0 spiro atoms. The molecule has 1 aromatic carbocycles. The molecule has 6 heteroatoms. The van der Waals surface area contributed by atoms with Gasteiger partial charge in [0.1, 0.15) is 0 Å². The predicted molar refractivity (Wildman–Crippen MR) is 112 cm³/mol. The Balaban J connectivity index is 1.65. The van der Waals surface area contributed by atoms with Crippen LogP contribution in [0.5, 0.6) is 0 Å². The predicted octanol–water partition coefficient (Wildman–Crippen LogP) is 3.89. The Morgan fingerprint density at radius 1 is 1.07 bits per heavy atom. The zero-order valence-electron chi connectivity index (χ0n) is 17.5. The third-order valence-corrected chi connectivity index (χ3v) is 8.45. The lowest BCUT2D eigenvalue weighted by molar-refractivity contribution is -0.139. The molecule has 1 heterocycles. The van der Waals surface area contributed by atoms with Gasteiger partial charge < -0.3 is 4.90 Å². The topological polar surface area (TPSA) is 57.7 Å². The third-order valence-electron chi connectivity index (χ3n) is 6.39. The highest BCUT2D eigenvalue weighted by Crippen LogP contribution is 2.29. The Morgan fingerprint density at radius 3 is 2.29 bits per heavy atom. The van der Waals surface area contributed by atoms with Gasteiger partial charge in [0, 0.05) is 31.6 Å². The molecule has 0 aromatic heterocycles. The lowest BCUT2D eigenvalue weighted by atomic mass is 9.91. The number of sulfonamides is 1. The van der Waals surface area contributed by atoms with E-state index in [0.717, 1.165) is 30.5 Å². The fraction of sp³-hybridized carbons (Fsp3) is 0.682. The van der Waals surface area contributed by atoms with Crippen LogP contribution in [-0.2, 0) is 14.8 Å². The minimum atomic E-state index is -3.50. The van der Waals surface area contributed by atoms with Crippen molar-refractivity contribution in [3.8, 4) is 0 Å². The molecule has 0 unspecified atom stereocenters. The molecule has 1 saturated heterocycles. The Labute approximate surface area is 170 Å². The van der Waals surface area contributed by atoms with Crippen LogP contribution in [0.2, 0.25) is 0 Å². The molecule has 0 radical (unpaired) electrons. The summed E-state index contributed by atoms with van der Waals surface area (Å²) in [6.45, 7) is 7.48. The molecule has 5 nitrogen and oxygen atoms in total. The summed E-state index contributed by atoms with van der Waals surface area (Å²) in [6.07, 6.45) is 7.15. The maximum absolute atomic E-state index is 13.1. The van der Waals surface area contributed by atoms with E-state index in [9.17, 15) is 13.2 Å². The van der Waals surface area contributed by atoms with Crippen LogP contribution in [0.3, 0.4) is 0 Å². The summed E-state index contributed by atoms with van der Waals surface area (Å²) >= 11 is 0. The van der Waals surface area contributed by atoms with Crippen molar-refractivity contribution in [1.29, 1.82) is 0 Å². The maximum Gasteiger partial charge on any atom is 0.243 e. The maximum atomic E-state index is 13.1. The first-order valence-electron chi connectivity index (χ1n) is 10.7. The van der Waals surface area contributed by atoms with Gasteiger partial charge >= 0.3 is 0 Å². The molecule has 0 N–H and O–H groups in total. The number of carbonyl (C=O) groups is 1. The van der Waals surface area contributed by atoms with Crippen LogP contribution in [0.4, 0.5) is 0 Å². The molecule has 0 bridgehead atoms. The van der Waals surface area contributed by atoms with Crippen LogP contribution in [0, 0.1) is 19.8 Å². The summed E-state index contributed by atoms with van der Waals surface area (Å²) in [5.74, 6) is 0.186. The van der Waals surface area contributed by atoms with Gasteiger partial charge in [0.15, 0.2) is 0 Å². The number of hydrogen-bond acceptors (Lipinski definition) is 3. The van der Waals surface area contributed by atoms with E-state index in [-0.39, 0.29) is 11.8 Å². The van der Waals surface area contributed by atoms with E-state index >= 15 is 0 Å². The molecule has 1 aromatic rings. The molecule has 156 valence electrons. The van der Waals surface area contributed by atoms with Gasteiger partial charge in [-0.05, 0) is 58.1 Å². The molecule has 2 aliphatic rings. The van der Waals surface area contributed by atoms with Crippen LogP contribution in [0.1, 0.15) is 63.0 Å². The monoisotopic (exact) mass is 406 g/mol. The molecule has 1 aliphatic carbocycles. The fourth-order valence-electron chi connectivity index (χ4n) is 4.79. The van der Waals surface area contributed by atoms with Gasteiger partial charge in [-0.3, -0.25) is 4.79 Å². The quantitative estimate of drug-likeness (QED) is 0.745. The van der Waals surface area contributed by atoms with Crippen LogP contribution in [-0.4, -0.2) is 49.2 Å². The summed E-state index contributed by atoms with van der Waals surface area (Å²) < 4.78 is 27.7. The second-order valence-corrected chi connectivity index (χ2v) is 10.3. The average Bonchev–Trinajstić information content (AvgIpc) is 2.69. The SMILES string of the molecule is CCN(C(=O)C1CCN(S(=O)(=O)c2ccc(C)cc2C)CC1)C1CCCCC1.